The van der Waals surface area contributed by atoms with Crippen LogP contribution in [0.5, 0.6) is 0 Å². The molecule has 0 bridgehead atoms. The molecule has 0 saturated carbocycles. The van der Waals surface area contributed by atoms with E-state index in [1.165, 1.54) is 17.5 Å². The molecule has 0 spiro atoms. The molecule has 0 saturated heterocycles. The van der Waals surface area contributed by atoms with Crippen molar-refractivity contribution < 1.29 is 9.53 Å². The number of rotatable bonds is 6. The summed E-state index contributed by atoms with van der Waals surface area (Å²) in [7, 11) is 0. The van der Waals surface area contributed by atoms with Crippen LogP contribution in [-0.4, -0.2) is 27.0 Å². The molecular weight excluding hydrogens is 342 g/mol. The van der Waals surface area contributed by atoms with E-state index < -0.39 is 0 Å². The lowest BCUT2D eigenvalue weighted by molar-refractivity contribution is 0.0472. The smallest absolute Gasteiger partial charge is 0.341 e. The van der Waals surface area contributed by atoms with E-state index in [2.05, 4.69) is 17.0 Å². The van der Waals surface area contributed by atoms with Gasteiger partial charge < -0.3 is 4.74 Å². The Morgan fingerprint density at radius 3 is 3.04 bits per heavy atom. The Kier molecular flexibility index (Phi) is 5.32. The van der Waals surface area contributed by atoms with Crippen LogP contribution in [0.25, 0.3) is 5.13 Å². The van der Waals surface area contributed by atoms with Gasteiger partial charge in [-0.3, -0.25) is 0 Å². The minimum absolute atomic E-state index is 0.246. The lowest BCUT2D eigenvalue weighted by Crippen LogP contribution is -2.04. The number of thiazole rings is 1. The van der Waals surface area contributed by atoms with Gasteiger partial charge in [0, 0.05) is 16.5 Å². The molecule has 3 aromatic rings. The quantitative estimate of drug-likeness (QED) is 0.492. The largest absolute Gasteiger partial charge is 0.457 e. The van der Waals surface area contributed by atoms with E-state index in [1.54, 1.807) is 22.6 Å². The van der Waals surface area contributed by atoms with E-state index in [1.807, 2.05) is 35.9 Å². The van der Waals surface area contributed by atoms with E-state index in [4.69, 9.17) is 4.74 Å². The molecule has 0 aliphatic rings. The maximum Gasteiger partial charge on any atom is 0.341 e. The molecule has 0 fully saturated rings. The average Bonchev–Trinajstić information content (AvgIpc) is 3.28. The minimum Gasteiger partial charge on any atom is -0.457 e. The highest BCUT2D eigenvalue weighted by atomic mass is 32.2. The topological polar surface area (TPSA) is 57.0 Å². The lowest BCUT2D eigenvalue weighted by atomic mass is 10.2. The number of aryl methyl sites for hydroxylation is 1. The van der Waals surface area contributed by atoms with Crippen LogP contribution in [0.15, 0.2) is 46.9 Å². The summed E-state index contributed by atoms with van der Waals surface area (Å²) in [5, 5.41) is 6.94. The van der Waals surface area contributed by atoms with Gasteiger partial charge in [0.1, 0.15) is 6.61 Å². The van der Waals surface area contributed by atoms with Crippen LogP contribution < -0.4 is 0 Å². The van der Waals surface area contributed by atoms with E-state index in [0.29, 0.717) is 5.56 Å². The number of hydrogen-bond donors (Lipinski definition) is 0. The van der Waals surface area contributed by atoms with Crippen molar-refractivity contribution in [3.05, 3.63) is 58.9 Å². The number of aromatic nitrogens is 3. The normalized spacial score (nSPS) is 10.8. The molecule has 1 aromatic carbocycles. The van der Waals surface area contributed by atoms with Crippen LogP contribution >= 0.6 is 23.1 Å². The van der Waals surface area contributed by atoms with Gasteiger partial charge >= 0.3 is 5.97 Å². The predicted molar refractivity (Wildman–Crippen MR) is 96.0 cm³/mol. The van der Waals surface area contributed by atoms with Gasteiger partial charge in [-0.05, 0) is 30.4 Å². The standard InChI is InChI=1S/C17H17N3O2S2/c1-3-14-11-24-17(19-14)20-9-13(8-18-20)16(21)22-10-12-5-4-6-15(7-12)23-2/h4-9,11H,3,10H2,1-2H3. The second-order valence-electron chi connectivity index (χ2n) is 5.08. The molecule has 124 valence electrons. The zero-order valence-electron chi connectivity index (χ0n) is 13.4. The van der Waals surface area contributed by atoms with Crippen molar-refractivity contribution in [2.24, 2.45) is 0 Å². The van der Waals surface area contributed by atoms with Gasteiger partial charge in [0.25, 0.3) is 0 Å². The third-order valence-corrected chi connectivity index (χ3v) is 5.02. The zero-order valence-corrected chi connectivity index (χ0v) is 15.1. The number of carbonyl (C=O) groups excluding carboxylic acids is 1. The molecule has 24 heavy (non-hydrogen) atoms. The van der Waals surface area contributed by atoms with E-state index in [0.717, 1.165) is 27.7 Å². The highest BCUT2D eigenvalue weighted by Gasteiger charge is 2.13. The maximum absolute atomic E-state index is 12.2. The van der Waals surface area contributed by atoms with Gasteiger partial charge in [-0.25, -0.2) is 14.5 Å². The van der Waals surface area contributed by atoms with Crippen LogP contribution in [-0.2, 0) is 17.8 Å². The second kappa shape index (κ2) is 7.63. The third-order valence-electron chi connectivity index (χ3n) is 3.42. The predicted octanol–water partition coefficient (Wildman–Crippen LogP) is 3.97. The summed E-state index contributed by atoms with van der Waals surface area (Å²) in [6, 6.07) is 7.95. The molecule has 0 atom stereocenters. The maximum atomic E-state index is 12.2. The van der Waals surface area contributed by atoms with Gasteiger partial charge in [0.15, 0.2) is 0 Å². The summed E-state index contributed by atoms with van der Waals surface area (Å²) < 4.78 is 6.98. The molecular formula is C17H17N3O2S2. The van der Waals surface area contributed by atoms with Crippen molar-refractivity contribution in [1.29, 1.82) is 0 Å². The van der Waals surface area contributed by atoms with Gasteiger partial charge in [-0.1, -0.05) is 19.1 Å². The van der Waals surface area contributed by atoms with Crippen LogP contribution in [0, 0.1) is 0 Å². The molecule has 3 rings (SSSR count). The van der Waals surface area contributed by atoms with Crippen molar-refractivity contribution in [2.45, 2.75) is 24.8 Å². The van der Waals surface area contributed by atoms with Gasteiger partial charge in [-0.15, -0.1) is 23.1 Å². The fourth-order valence-electron chi connectivity index (χ4n) is 2.09. The van der Waals surface area contributed by atoms with Crippen molar-refractivity contribution in [2.75, 3.05) is 6.26 Å². The first kappa shape index (κ1) is 16.7. The zero-order chi connectivity index (χ0) is 16.9. The van der Waals surface area contributed by atoms with Crippen molar-refractivity contribution in [3.63, 3.8) is 0 Å². The molecule has 0 aliphatic heterocycles. The Morgan fingerprint density at radius 1 is 1.42 bits per heavy atom. The Bertz CT molecular complexity index is 842. The Balaban J connectivity index is 1.65. The van der Waals surface area contributed by atoms with Crippen molar-refractivity contribution in [1.82, 2.24) is 14.8 Å². The number of ether oxygens (including phenoxy) is 1. The molecule has 0 amide bonds. The highest BCUT2D eigenvalue weighted by Crippen LogP contribution is 2.18. The number of hydrogen-bond acceptors (Lipinski definition) is 6. The molecule has 0 aliphatic carbocycles. The Morgan fingerprint density at radius 2 is 2.29 bits per heavy atom. The average molecular weight is 359 g/mol. The minimum atomic E-state index is -0.386. The number of carbonyl (C=O) groups is 1. The summed E-state index contributed by atoms with van der Waals surface area (Å²) in [5.41, 5.74) is 2.41. The lowest BCUT2D eigenvalue weighted by Gasteiger charge is -2.04. The Hall–Kier alpha value is -2.12. The van der Waals surface area contributed by atoms with Crippen LogP contribution in [0.3, 0.4) is 0 Å². The molecule has 2 heterocycles. The molecule has 0 radical (unpaired) electrons. The molecule has 0 unspecified atom stereocenters. The van der Waals surface area contributed by atoms with E-state index >= 15 is 0 Å². The first-order chi connectivity index (χ1) is 11.7. The Labute approximate surface area is 148 Å². The first-order valence-corrected chi connectivity index (χ1v) is 9.59. The SMILES string of the molecule is CCc1csc(-n2cc(C(=O)OCc3cccc(SC)c3)cn2)n1. The summed E-state index contributed by atoms with van der Waals surface area (Å²) in [6.45, 7) is 2.30. The third kappa shape index (κ3) is 3.85. The summed E-state index contributed by atoms with van der Waals surface area (Å²) >= 11 is 3.16. The number of esters is 1. The fraction of sp³-hybridized carbons (Fsp3) is 0.235. The fourth-order valence-corrected chi connectivity index (χ4v) is 3.41. The van der Waals surface area contributed by atoms with Crippen molar-refractivity contribution >= 4 is 29.1 Å². The number of nitrogens with zero attached hydrogens (tertiary/aromatic N) is 3. The van der Waals surface area contributed by atoms with Gasteiger partial charge in [0.2, 0.25) is 5.13 Å². The van der Waals surface area contributed by atoms with Gasteiger partial charge in [-0.2, -0.15) is 5.10 Å². The van der Waals surface area contributed by atoms with Gasteiger partial charge in [0.05, 0.1) is 17.5 Å². The molecule has 2 aromatic heterocycles. The molecule has 0 N–H and O–H groups in total. The monoisotopic (exact) mass is 359 g/mol. The van der Waals surface area contributed by atoms with E-state index in [9.17, 15) is 4.79 Å². The number of thioether (sulfide) groups is 1. The second-order valence-corrected chi connectivity index (χ2v) is 6.79. The molecule has 5 nitrogen and oxygen atoms in total. The summed E-state index contributed by atoms with van der Waals surface area (Å²) in [4.78, 5) is 17.8. The van der Waals surface area contributed by atoms with Crippen LogP contribution in [0.4, 0.5) is 0 Å². The first-order valence-electron chi connectivity index (χ1n) is 7.49. The van der Waals surface area contributed by atoms with Crippen molar-refractivity contribution in [3.8, 4) is 5.13 Å². The molecule has 7 heteroatoms. The van der Waals surface area contributed by atoms with Crippen LogP contribution in [0.1, 0.15) is 28.5 Å². The highest BCUT2D eigenvalue weighted by molar-refractivity contribution is 7.98. The summed E-state index contributed by atoms with van der Waals surface area (Å²) in [5.74, 6) is -0.386. The number of benzene rings is 1. The van der Waals surface area contributed by atoms with Crippen LogP contribution in [0.2, 0.25) is 0 Å². The summed E-state index contributed by atoms with van der Waals surface area (Å²) in [6.07, 6.45) is 6.05. The van der Waals surface area contributed by atoms with E-state index in [-0.39, 0.29) is 12.6 Å².